The Kier molecular flexibility index (Phi) is 14.8. The summed E-state index contributed by atoms with van der Waals surface area (Å²) in [6, 6.07) is 27.9. The Labute approximate surface area is 260 Å². The minimum atomic E-state index is -1.39. The first-order chi connectivity index (χ1) is 21.2. The van der Waals surface area contributed by atoms with E-state index < -0.39 is 34.7 Å². The highest BCUT2D eigenvalue weighted by atomic mass is 16.6. The number of ether oxygens (including phenoxy) is 4. The first kappa shape index (κ1) is 35.7. The molecule has 3 rings (SSSR count). The van der Waals surface area contributed by atoms with Crippen LogP contribution in [0.5, 0.6) is 0 Å². The van der Waals surface area contributed by atoms with Crippen LogP contribution in [-0.2, 0) is 56.4 Å². The van der Waals surface area contributed by atoms with Crippen LogP contribution in [0.15, 0.2) is 91.0 Å². The molecule has 236 valence electrons. The summed E-state index contributed by atoms with van der Waals surface area (Å²) in [4.78, 5) is 50.3. The summed E-state index contributed by atoms with van der Waals surface area (Å²) in [7, 11) is 0. The molecule has 8 nitrogen and oxygen atoms in total. The molecule has 0 aliphatic rings. The maximum atomic E-state index is 12.9. The first-order valence-corrected chi connectivity index (χ1v) is 15.1. The molecule has 44 heavy (non-hydrogen) atoms. The Morgan fingerprint density at radius 3 is 1.11 bits per heavy atom. The van der Waals surface area contributed by atoms with Crippen molar-refractivity contribution >= 4 is 23.9 Å². The SMILES string of the molecule is CCOC(=O)C(CC)(C(=O)OCC)c1ccccc1.CCOC(=O)C(Cc1ccccc1)(Cc1ccccc1)C(=O)OCC. The standard InChI is InChI=1S/C21H24O4.C15H20O4/c1-3-24-19(22)21(20(23)25-4-2,15-17-11-7-5-8-12-17)16-18-13-9-6-10-14-18;1-4-15(13(16)18-5-2,14(17)19-6-3)12-10-8-7-9-11-12/h5-14H,3-4,15-16H2,1-2H3;7-11H,4-6H2,1-3H3. The highest BCUT2D eigenvalue weighted by Crippen LogP contribution is 2.33. The van der Waals surface area contributed by atoms with Crippen LogP contribution < -0.4 is 0 Å². The van der Waals surface area contributed by atoms with Crippen LogP contribution in [0, 0.1) is 5.41 Å². The van der Waals surface area contributed by atoms with E-state index in [0.29, 0.717) is 12.0 Å². The Bertz CT molecular complexity index is 1230. The van der Waals surface area contributed by atoms with Gasteiger partial charge in [0.25, 0.3) is 0 Å². The largest absolute Gasteiger partial charge is 0.465 e. The van der Waals surface area contributed by atoms with Gasteiger partial charge in [0, 0.05) is 0 Å². The summed E-state index contributed by atoms with van der Waals surface area (Å²) in [6.07, 6.45) is 0.773. The second-order valence-electron chi connectivity index (χ2n) is 9.91. The normalized spacial score (nSPS) is 10.9. The third-order valence-corrected chi connectivity index (χ3v) is 7.07. The van der Waals surface area contributed by atoms with Crippen LogP contribution in [0.3, 0.4) is 0 Å². The second-order valence-corrected chi connectivity index (χ2v) is 9.91. The van der Waals surface area contributed by atoms with Gasteiger partial charge < -0.3 is 18.9 Å². The van der Waals surface area contributed by atoms with Crippen molar-refractivity contribution in [3.05, 3.63) is 108 Å². The zero-order valence-corrected chi connectivity index (χ0v) is 26.4. The molecule has 8 heteroatoms. The molecular formula is C36H44O8. The lowest BCUT2D eigenvalue weighted by atomic mass is 9.76. The van der Waals surface area contributed by atoms with Crippen LogP contribution in [0.1, 0.15) is 57.7 Å². The first-order valence-electron chi connectivity index (χ1n) is 15.1. The molecule has 0 N–H and O–H groups in total. The van der Waals surface area contributed by atoms with Crippen molar-refractivity contribution in [1.29, 1.82) is 0 Å². The summed E-state index contributed by atoms with van der Waals surface area (Å²) in [5.74, 6) is -2.19. The summed E-state index contributed by atoms with van der Waals surface area (Å²) >= 11 is 0. The maximum Gasteiger partial charge on any atom is 0.328 e. The number of esters is 4. The molecule has 0 atom stereocenters. The zero-order chi connectivity index (χ0) is 32.4. The number of carbonyl (C=O) groups excluding carboxylic acids is 4. The van der Waals surface area contributed by atoms with Crippen molar-refractivity contribution in [3.8, 4) is 0 Å². The van der Waals surface area contributed by atoms with Crippen molar-refractivity contribution in [2.45, 2.75) is 59.3 Å². The highest BCUT2D eigenvalue weighted by Gasteiger charge is 2.50. The molecule has 0 amide bonds. The molecule has 0 aliphatic carbocycles. The van der Waals surface area contributed by atoms with E-state index in [1.54, 1.807) is 58.9 Å². The average Bonchev–Trinajstić information content (AvgIpc) is 3.04. The lowest BCUT2D eigenvalue weighted by Gasteiger charge is -2.29. The van der Waals surface area contributed by atoms with Gasteiger partial charge in [-0.25, -0.2) is 0 Å². The molecule has 0 saturated heterocycles. The van der Waals surface area contributed by atoms with Gasteiger partial charge in [-0.1, -0.05) is 97.9 Å². The van der Waals surface area contributed by atoms with E-state index in [2.05, 4.69) is 0 Å². The van der Waals surface area contributed by atoms with Crippen molar-refractivity contribution in [3.63, 3.8) is 0 Å². The minimum Gasteiger partial charge on any atom is -0.465 e. The van der Waals surface area contributed by atoms with Gasteiger partial charge in [0.1, 0.15) is 0 Å². The van der Waals surface area contributed by atoms with E-state index in [-0.39, 0.29) is 39.3 Å². The van der Waals surface area contributed by atoms with Crippen molar-refractivity contribution in [2.24, 2.45) is 5.41 Å². The Balaban J connectivity index is 0.000000319. The lowest BCUT2D eigenvalue weighted by Crippen LogP contribution is -2.45. The van der Waals surface area contributed by atoms with Gasteiger partial charge in [-0.05, 0) is 63.6 Å². The Morgan fingerprint density at radius 2 is 0.795 bits per heavy atom. The zero-order valence-electron chi connectivity index (χ0n) is 26.4. The molecule has 3 aromatic rings. The Morgan fingerprint density at radius 1 is 0.477 bits per heavy atom. The van der Waals surface area contributed by atoms with Gasteiger partial charge in [0.15, 0.2) is 10.8 Å². The summed E-state index contributed by atoms with van der Waals surface area (Å²) in [5.41, 5.74) is -0.379. The fourth-order valence-electron chi connectivity index (χ4n) is 4.90. The lowest BCUT2D eigenvalue weighted by molar-refractivity contribution is -0.172. The monoisotopic (exact) mass is 604 g/mol. The number of carbonyl (C=O) groups is 4. The minimum absolute atomic E-state index is 0.212. The number of hydrogen-bond acceptors (Lipinski definition) is 8. The van der Waals surface area contributed by atoms with E-state index in [9.17, 15) is 19.2 Å². The molecule has 3 aromatic carbocycles. The predicted molar refractivity (Wildman–Crippen MR) is 168 cm³/mol. The maximum absolute atomic E-state index is 12.9. The average molecular weight is 605 g/mol. The summed E-state index contributed by atoms with van der Waals surface area (Å²) in [6.45, 7) is 9.56. The van der Waals surface area contributed by atoms with Gasteiger partial charge in [-0.2, -0.15) is 0 Å². The molecular weight excluding hydrogens is 560 g/mol. The van der Waals surface area contributed by atoms with Crippen molar-refractivity contribution in [1.82, 2.24) is 0 Å². The number of rotatable bonds is 14. The molecule has 0 radical (unpaired) electrons. The highest BCUT2D eigenvalue weighted by molar-refractivity contribution is 6.06. The fourth-order valence-corrected chi connectivity index (χ4v) is 4.90. The van der Waals surface area contributed by atoms with Crippen LogP contribution in [0.25, 0.3) is 0 Å². The van der Waals surface area contributed by atoms with Gasteiger partial charge in [-0.3, -0.25) is 19.2 Å². The molecule has 0 saturated carbocycles. The van der Waals surface area contributed by atoms with Gasteiger partial charge in [0.2, 0.25) is 0 Å². The van der Waals surface area contributed by atoms with Crippen LogP contribution in [0.2, 0.25) is 0 Å². The van der Waals surface area contributed by atoms with Crippen molar-refractivity contribution < 1.29 is 38.1 Å². The van der Waals surface area contributed by atoms with Gasteiger partial charge in [0.05, 0.1) is 26.4 Å². The topological polar surface area (TPSA) is 105 Å². The smallest absolute Gasteiger partial charge is 0.328 e. The van der Waals surface area contributed by atoms with E-state index in [0.717, 1.165) is 11.1 Å². The van der Waals surface area contributed by atoms with Crippen molar-refractivity contribution in [2.75, 3.05) is 26.4 Å². The second kappa shape index (κ2) is 18.3. The number of benzene rings is 3. The van der Waals surface area contributed by atoms with Crippen LogP contribution >= 0.6 is 0 Å². The number of hydrogen-bond donors (Lipinski definition) is 0. The van der Waals surface area contributed by atoms with Gasteiger partial charge >= 0.3 is 23.9 Å². The molecule has 0 heterocycles. The van der Waals surface area contributed by atoms with E-state index in [1.807, 2.05) is 66.7 Å². The third kappa shape index (κ3) is 9.02. The van der Waals surface area contributed by atoms with E-state index >= 15 is 0 Å². The predicted octanol–water partition coefficient (Wildman–Crippen LogP) is 6.05. The molecule has 0 aromatic heterocycles. The quantitative estimate of drug-likeness (QED) is 0.125. The van der Waals surface area contributed by atoms with E-state index in [4.69, 9.17) is 18.9 Å². The van der Waals surface area contributed by atoms with Gasteiger partial charge in [-0.15, -0.1) is 0 Å². The fraction of sp³-hybridized carbons (Fsp3) is 0.389. The molecule has 0 spiro atoms. The van der Waals surface area contributed by atoms with E-state index in [1.165, 1.54) is 0 Å². The summed E-state index contributed by atoms with van der Waals surface area (Å²) < 4.78 is 20.7. The van der Waals surface area contributed by atoms with Crippen LogP contribution in [0.4, 0.5) is 0 Å². The summed E-state index contributed by atoms with van der Waals surface area (Å²) in [5, 5.41) is 0. The third-order valence-electron chi connectivity index (χ3n) is 7.07. The Hall–Kier alpha value is -4.46. The molecule has 0 fully saturated rings. The van der Waals surface area contributed by atoms with Crippen LogP contribution in [-0.4, -0.2) is 50.3 Å². The molecule has 0 bridgehead atoms. The molecule has 0 unspecified atom stereocenters. The molecule has 0 aliphatic heterocycles.